The van der Waals surface area contributed by atoms with Crippen LogP contribution >= 0.6 is 0 Å². The fourth-order valence-electron chi connectivity index (χ4n) is 3.41. The summed E-state index contributed by atoms with van der Waals surface area (Å²) in [7, 11) is 0. The van der Waals surface area contributed by atoms with Gasteiger partial charge in [-0.15, -0.1) is 0 Å². The Bertz CT molecular complexity index is 922. The van der Waals surface area contributed by atoms with Crippen LogP contribution in [-0.2, 0) is 16.1 Å². The second-order valence-electron chi connectivity index (χ2n) is 7.27. The molecule has 0 spiro atoms. The van der Waals surface area contributed by atoms with Gasteiger partial charge in [0.05, 0.1) is 22.9 Å². The number of nitro benzene ring substituents is 1. The van der Waals surface area contributed by atoms with Gasteiger partial charge < -0.3 is 9.64 Å². The number of para-hydroxylation sites is 2. The molecule has 1 aliphatic rings. The van der Waals surface area contributed by atoms with E-state index in [1.54, 1.807) is 19.1 Å². The molecule has 0 fully saturated rings. The molecule has 0 amide bonds. The number of aliphatic imine (C=N–C) groups is 1. The zero-order chi connectivity index (χ0) is 21.0. The van der Waals surface area contributed by atoms with Gasteiger partial charge >= 0.3 is 5.97 Å². The van der Waals surface area contributed by atoms with Crippen LogP contribution < -0.4 is 4.90 Å². The molecule has 2 aromatic rings. The number of nitrogens with zero attached hydrogens (tertiary/aromatic N) is 3. The molecule has 1 atom stereocenters. The molecule has 7 heteroatoms. The molecule has 1 heterocycles. The molecule has 0 radical (unpaired) electrons. The van der Waals surface area contributed by atoms with E-state index in [9.17, 15) is 14.9 Å². The number of benzene rings is 2. The zero-order valence-corrected chi connectivity index (χ0v) is 16.9. The number of hydrogen-bond acceptors (Lipinski definition) is 6. The van der Waals surface area contributed by atoms with Gasteiger partial charge in [0.15, 0.2) is 0 Å². The second-order valence-corrected chi connectivity index (χ2v) is 7.27. The van der Waals surface area contributed by atoms with Crippen molar-refractivity contribution in [3.05, 3.63) is 64.2 Å². The Morgan fingerprint density at radius 1 is 1.24 bits per heavy atom. The topological polar surface area (TPSA) is 85.0 Å². The number of nitro groups is 1. The third-order valence-electron chi connectivity index (χ3n) is 4.96. The zero-order valence-electron chi connectivity index (χ0n) is 16.9. The summed E-state index contributed by atoms with van der Waals surface area (Å²) in [6.07, 6.45) is 0.470. The summed E-state index contributed by atoms with van der Waals surface area (Å²) in [6.45, 7) is 6.64. The average Bonchev–Trinajstić information content (AvgIpc) is 2.86. The lowest BCUT2D eigenvalue weighted by molar-refractivity contribution is -0.384. The Hall–Kier alpha value is -3.22. The van der Waals surface area contributed by atoms with Gasteiger partial charge in [0.2, 0.25) is 0 Å². The maximum absolute atomic E-state index is 12.9. The van der Waals surface area contributed by atoms with Gasteiger partial charge in [-0.05, 0) is 30.5 Å². The standard InChI is InChI=1S/C22H25N3O4/c1-4-29-22(26)21-13-19(15(2)3)23-18-7-5-6-8-20(18)24(21)14-16-9-11-17(12-10-16)25(27)28/h5-12,15,21H,4,13-14H2,1-3H3/t21-/m0/s1. The van der Waals surface area contributed by atoms with E-state index in [0.717, 1.165) is 22.6 Å². The third kappa shape index (κ3) is 4.62. The molecule has 7 nitrogen and oxygen atoms in total. The van der Waals surface area contributed by atoms with Crippen molar-refractivity contribution in [3.8, 4) is 0 Å². The van der Waals surface area contributed by atoms with E-state index < -0.39 is 11.0 Å². The van der Waals surface area contributed by atoms with E-state index in [-0.39, 0.29) is 17.6 Å². The van der Waals surface area contributed by atoms with E-state index in [4.69, 9.17) is 9.73 Å². The molecule has 0 bridgehead atoms. The summed E-state index contributed by atoms with van der Waals surface area (Å²) < 4.78 is 5.37. The summed E-state index contributed by atoms with van der Waals surface area (Å²) in [5.41, 5.74) is 3.51. The van der Waals surface area contributed by atoms with Crippen LogP contribution in [-0.4, -0.2) is 29.3 Å². The molecular formula is C22H25N3O4. The summed E-state index contributed by atoms with van der Waals surface area (Å²) >= 11 is 0. The first-order valence-corrected chi connectivity index (χ1v) is 9.73. The Kier molecular flexibility index (Phi) is 6.26. The van der Waals surface area contributed by atoms with Gasteiger partial charge in [-0.2, -0.15) is 0 Å². The number of rotatable bonds is 6. The van der Waals surface area contributed by atoms with Gasteiger partial charge in [-0.25, -0.2) is 4.79 Å². The first-order valence-electron chi connectivity index (χ1n) is 9.73. The van der Waals surface area contributed by atoms with Crippen molar-refractivity contribution in [2.24, 2.45) is 10.9 Å². The number of esters is 1. The van der Waals surface area contributed by atoms with Gasteiger partial charge in [0, 0.05) is 30.8 Å². The van der Waals surface area contributed by atoms with Crippen molar-refractivity contribution in [1.29, 1.82) is 0 Å². The molecule has 0 aromatic heterocycles. The van der Waals surface area contributed by atoms with Crippen molar-refractivity contribution >= 4 is 28.7 Å². The minimum Gasteiger partial charge on any atom is -0.464 e. The highest BCUT2D eigenvalue weighted by Gasteiger charge is 2.33. The minimum atomic E-state index is -0.519. The molecular weight excluding hydrogens is 370 g/mol. The van der Waals surface area contributed by atoms with Crippen LogP contribution in [0.25, 0.3) is 0 Å². The maximum atomic E-state index is 12.9. The van der Waals surface area contributed by atoms with Crippen molar-refractivity contribution in [1.82, 2.24) is 0 Å². The van der Waals surface area contributed by atoms with E-state index in [2.05, 4.69) is 13.8 Å². The smallest absolute Gasteiger partial charge is 0.329 e. The molecule has 2 aromatic carbocycles. The highest BCUT2D eigenvalue weighted by atomic mass is 16.6. The fourth-order valence-corrected chi connectivity index (χ4v) is 3.41. The maximum Gasteiger partial charge on any atom is 0.329 e. The second kappa shape index (κ2) is 8.86. The van der Waals surface area contributed by atoms with Gasteiger partial charge in [-0.1, -0.05) is 38.1 Å². The van der Waals surface area contributed by atoms with Gasteiger partial charge in [-0.3, -0.25) is 15.1 Å². The molecule has 29 heavy (non-hydrogen) atoms. The summed E-state index contributed by atoms with van der Waals surface area (Å²) in [6, 6.07) is 13.6. The minimum absolute atomic E-state index is 0.0392. The monoisotopic (exact) mass is 395 g/mol. The molecule has 0 saturated carbocycles. The van der Waals surface area contributed by atoms with Gasteiger partial charge in [0.25, 0.3) is 5.69 Å². The largest absolute Gasteiger partial charge is 0.464 e. The Labute approximate surface area is 170 Å². The van der Waals surface area contributed by atoms with Crippen LogP contribution in [0.2, 0.25) is 0 Å². The number of non-ortho nitro benzene ring substituents is 1. The lowest BCUT2D eigenvalue weighted by atomic mass is 9.99. The van der Waals surface area contributed by atoms with E-state index in [1.165, 1.54) is 12.1 Å². The van der Waals surface area contributed by atoms with E-state index >= 15 is 0 Å². The number of fused-ring (bicyclic) bond motifs is 1. The van der Waals surface area contributed by atoms with Crippen molar-refractivity contribution in [3.63, 3.8) is 0 Å². The summed E-state index contributed by atoms with van der Waals surface area (Å²) in [4.78, 5) is 30.2. The highest BCUT2D eigenvalue weighted by molar-refractivity contribution is 5.97. The average molecular weight is 395 g/mol. The number of carbonyl (C=O) groups excluding carboxylic acids is 1. The van der Waals surface area contributed by atoms with Crippen LogP contribution in [0, 0.1) is 16.0 Å². The molecule has 0 saturated heterocycles. The Morgan fingerprint density at radius 3 is 2.55 bits per heavy atom. The first kappa shape index (κ1) is 20.5. The third-order valence-corrected chi connectivity index (χ3v) is 4.96. The van der Waals surface area contributed by atoms with Crippen LogP contribution in [0.1, 0.15) is 32.8 Å². The predicted molar refractivity (Wildman–Crippen MR) is 113 cm³/mol. The van der Waals surface area contributed by atoms with Crippen molar-refractivity contribution < 1.29 is 14.5 Å². The first-order chi connectivity index (χ1) is 13.9. The van der Waals surface area contributed by atoms with E-state index in [0.29, 0.717) is 19.6 Å². The molecule has 0 aliphatic carbocycles. The van der Waals surface area contributed by atoms with Crippen LogP contribution in [0.5, 0.6) is 0 Å². The van der Waals surface area contributed by atoms with Crippen molar-refractivity contribution in [2.45, 2.75) is 39.8 Å². The lowest BCUT2D eigenvalue weighted by Crippen LogP contribution is -2.43. The fraction of sp³-hybridized carbons (Fsp3) is 0.364. The highest BCUT2D eigenvalue weighted by Crippen LogP contribution is 2.36. The molecule has 152 valence electrons. The van der Waals surface area contributed by atoms with Gasteiger partial charge in [0.1, 0.15) is 6.04 Å². The van der Waals surface area contributed by atoms with E-state index in [1.807, 2.05) is 29.2 Å². The predicted octanol–water partition coefficient (Wildman–Crippen LogP) is 4.67. The SMILES string of the molecule is CCOC(=O)[C@@H]1CC(C(C)C)=Nc2ccccc2N1Cc1ccc([N+](=O)[O-])cc1. The van der Waals surface area contributed by atoms with Crippen LogP contribution in [0.3, 0.4) is 0 Å². The number of hydrogen-bond donors (Lipinski definition) is 0. The normalized spacial score (nSPS) is 16.1. The number of anilines is 1. The molecule has 3 rings (SSSR count). The number of ether oxygens (including phenoxy) is 1. The Morgan fingerprint density at radius 2 is 1.93 bits per heavy atom. The van der Waals surface area contributed by atoms with Crippen LogP contribution in [0.15, 0.2) is 53.5 Å². The van der Waals surface area contributed by atoms with Crippen molar-refractivity contribution in [2.75, 3.05) is 11.5 Å². The Balaban J connectivity index is 2.03. The lowest BCUT2D eigenvalue weighted by Gasteiger charge is -2.31. The quantitative estimate of drug-likeness (QED) is 0.403. The molecule has 1 aliphatic heterocycles. The molecule has 0 unspecified atom stereocenters. The summed E-state index contributed by atoms with van der Waals surface area (Å²) in [5, 5.41) is 10.9. The van der Waals surface area contributed by atoms with Crippen LogP contribution in [0.4, 0.5) is 17.1 Å². The summed E-state index contributed by atoms with van der Waals surface area (Å²) in [5.74, 6) is -0.0984. The molecule has 0 N–H and O–H groups in total. The number of carbonyl (C=O) groups is 1.